The Balaban J connectivity index is 0.000000192. The van der Waals surface area contributed by atoms with Crippen LogP contribution in [0.5, 0.6) is 0 Å². The number of aromatic nitrogens is 10. The van der Waals surface area contributed by atoms with Gasteiger partial charge in [0, 0.05) is 49.5 Å². The second-order valence-corrected chi connectivity index (χ2v) is 19.7. The third-order valence-corrected chi connectivity index (χ3v) is 12.5. The molecule has 21 heteroatoms. The van der Waals surface area contributed by atoms with E-state index in [1.807, 2.05) is 57.9 Å². The summed E-state index contributed by atoms with van der Waals surface area (Å²) in [5.74, 6) is 1.47. The Morgan fingerprint density at radius 3 is 1.63 bits per heavy atom. The van der Waals surface area contributed by atoms with Crippen molar-refractivity contribution in [3.63, 3.8) is 0 Å². The molecule has 2 saturated heterocycles. The normalized spacial score (nSPS) is 15.9. The minimum absolute atomic E-state index is 0.0729. The molecule has 9 rings (SSSR count). The summed E-state index contributed by atoms with van der Waals surface area (Å²) in [6, 6.07) is 19.8. The van der Waals surface area contributed by atoms with E-state index in [0.29, 0.717) is 50.5 Å². The minimum atomic E-state index is -0.736. The number of carbonyl (C=O) groups excluding carboxylic acids is 1. The number of pyridine rings is 2. The van der Waals surface area contributed by atoms with Crippen LogP contribution in [0.15, 0.2) is 97.5 Å². The smallest absolute Gasteiger partial charge is 0.392 e. The number of hydrogen-bond acceptors (Lipinski definition) is 14. The van der Waals surface area contributed by atoms with Gasteiger partial charge in [-0.25, -0.2) is 43.5 Å². The lowest BCUT2D eigenvalue weighted by Gasteiger charge is -2.39. The fourth-order valence-corrected chi connectivity index (χ4v) is 9.02. The zero-order chi connectivity index (χ0) is 48.3. The number of amides is 1. The number of carbonyl (C=O) groups is 1. The molecule has 0 atom stereocenters. The van der Waals surface area contributed by atoms with E-state index in [4.69, 9.17) is 30.4 Å². The number of H-pyrrole nitrogens is 2. The van der Waals surface area contributed by atoms with Gasteiger partial charge in [0.05, 0.1) is 44.9 Å². The molecule has 19 nitrogen and oxygen atoms in total. The number of benzene rings is 1. The summed E-state index contributed by atoms with van der Waals surface area (Å²) in [6.07, 6.45) is 7.11. The maximum atomic E-state index is 14.5. The number of nitrogens with one attached hydrogen (secondary N) is 5. The summed E-state index contributed by atoms with van der Waals surface area (Å²) < 4.78 is 29.1. The first-order valence-electron chi connectivity index (χ1n) is 22.5. The van der Waals surface area contributed by atoms with Crippen LogP contribution in [0.2, 0.25) is 5.02 Å². The Bertz CT molecular complexity index is 2960. The SMILES string of the molecule is CC(C)(C)n1nccc1Nc1cccc(CC2(c3n[nH]c(=O)o3)CCN(C(=O)c3cccc(Cl)c3F)CC2)n1.CC(C)(C)n1nccc1Nc1cccc(CC2(c3n[nH]c(=O)o3)CCNCC2)n1. The monoisotopic (exact) mass is 950 g/mol. The Kier molecular flexibility index (Phi) is 13.5. The molecule has 6 aromatic heterocycles. The molecule has 0 radical (unpaired) electrons. The van der Waals surface area contributed by atoms with Gasteiger partial charge >= 0.3 is 11.5 Å². The Labute approximate surface area is 396 Å². The second-order valence-electron chi connectivity index (χ2n) is 19.3. The van der Waals surface area contributed by atoms with Crippen LogP contribution in [0.4, 0.5) is 27.7 Å². The van der Waals surface area contributed by atoms with Crippen LogP contribution in [-0.4, -0.2) is 86.9 Å². The molecular formula is C47H56ClFN14O5. The van der Waals surface area contributed by atoms with Crippen molar-refractivity contribution < 1.29 is 18.0 Å². The van der Waals surface area contributed by atoms with Crippen molar-refractivity contribution >= 4 is 40.8 Å². The standard InChI is InChI=1S/C27H29ClFN7O3.C20H27N7O2/c1-26(2,3)36-21(10-13-30-36)32-20-9-4-6-17(31-20)16-27(24-33-34-25(38)39-24)11-14-35(15-12-27)23(37)18-7-5-8-19(28)22(18)29;1-19(2,3)27-16(7-10-22-27)24-15-6-4-5-14(23-15)13-20(8-11-21-12-9-20)17-25-26-18(28)29-17/h4-10,13H,11-12,14-16H2,1-3H3,(H,31,32)(H,34,38);4-7,10,21H,8-9,11-13H2,1-3H3,(H,23,24)(H,26,28). The van der Waals surface area contributed by atoms with Crippen LogP contribution < -0.4 is 27.5 Å². The highest BCUT2D eigenvalue weighted by Crippen LogP contribution is 2.39. The van der Waals surface area contributed by atoms with Crippen molar-refractivity contribution in [1.82, 2.24) is 60.1 Å². The van der Waals surface area contributed by atoms with Crippen LogP contribution in [0.3, 0.4) is 0 Å². The largest absolute Gasteiger partial charge is 0.434 e. The molecule has 2 aliphatic heterocycles. The van der Waals surface area contributed by atoms with Crippen molar-refractivity contribution in [3.05, 3.63) is 140 Å². The molecule has 0 aliphatic carbocycles. The van der Waals surface area contributed by atoms with E-state index in [2.05, 4.69) is 88.1 Å². The van der Waals surface area contributed by atoms with Gasteiger partial charge in [-0.2, -0.15) is 10.2 Å². The van der Waals surface area contributed by atoms with Gasteiger partial charge < -0.3 is 29.7 Å². The molecule has 0 unspecified atom stereocenters. The predicted octanol–water partition coefficient (Wildman–Crippen LogP) is 6.98. The molecule has 68 heavy (non-hydrogen) atoms. The van der Waals surface area contributed by atoms with E-state index in [0.717, 1.165) is 54.8 Å². The van der Waals surface area contributed by atoms with E-state index >= 15 is 0 Å². The molecule has 7 aromatic rings. The first-order valence-corrected chi connectivity index (χ1v) is 22.9. The highest BCUT2D eigenvalue weighted by molar-refractivity contribution is 6.31. The van der Waals surface area contributed by atoms with Crippen LogP contribution in [0.1, 0.15) is 101 Å². The topological polar surface area (TPSA) is 236 Å². The number of anilines is 4. The number of aromatic amines is 2. The number of likely N-dealkylation sites (tertiary alicyclic amines) is 1. The van der Waals surface area contributed by atoms with Gasteiger partial charge in [0.15, 0.2) is 5.82 Å². The first-order chi connectivity index (χ1) is 32.4. The van der Waals surface area contributed by atoms with Crippen molar-refractivity contribution in [1.29, 1.82) is 0 Å². The molecule has 2 fully saturated rings. The number of piperidine rings is 2. The molecule has 1 aromatic carbocycles. The summed E-state index contributed by atoms with van der Waals surface area (Å²) in [4.78, 5) is 47.7. The maximum Gasteiger partial charge on any atom is 0.434 e. The third-order valence-electron chi connectivity index (χ3n) is 12.3. The molecule has 0 bridgehead atoms. The van der Waals surface area contributed by atoms with Crippen LogP contribution >= 0.6 is 11.6 Å². The van der Waals surface area contributed by atoms with E-state index in [-0.39, 0.29) is 33.0 Å². The number of hydrogen-bond donors (Lipinski definition) is 5. The van der Waals surface area contributed by atoms with Crippen molar-refractivity contribution in [2.24, 2.45) is 0 Å². The average Bonchev–Trinajstić information content (AvgIpc) is 4.15. The lowest BCUT2D eigenvalue weighted by Crippen LogP contribution is -2.46. The van der Waals surface area contributed by atoms with Crippen molar-refractivity contribution in [2.45, 2.75) is 102 Å². The Hall–Kier alpha value is -6.93. The number of halogens is 2. The number of nitrogens with zero attached hydrogens (tertiary/aromatic N) is 9. The molecule has 358 valence electrons. The lowest BCUT2D eigenvalue weighted by atomic mass is 9.74. The Morgan fingerprint density at radius 1 is 0.706 bits per heavy atom. The molecule has 5 N–H and O–H groups in total. The van der Waals surface area contributed by atoms with Gasteiger partial charge in [0.25, 0.3) is 5.91 Å². The highest BCUT2D eigenvalue weighted by Gasteiger charge is 2.43. The lowest BCUT2D eigenvalue weighted by molar-refractivity contribution is 0.0636. The number of rotatable bonds is 11. The fourth-order valence-electron chi connectivity index (χ4n) is 8.84. The van der Waals surface area contributed by atoms with Gasteiger partial charge in [-0.1, -0.05) is 29.8 Å². The molecule has 2 aliphatic rings. The average molecular weight is 952 g/mol. The van der Waals surface area contributed by atoms with Gasteiger partial charge in [-0.05, 0) is 117 Å². The summed E-state index contributed by atoms with van der Waals surface area (Å²) in [5, 5.41) is 31.8. The zero-order valence-electron chi connectivity index (χ0n) is 38.9. The second kappa shape index (κ2) is 19.4. The zero-order valence-corrected chi connectivity index (χ0v) is 39.7. The van der Waals surface area contributed by atoms with Gasteiger partial charge in [0.1, 0.15) is 23.3 Å². The molecule has 0 saturated carbocycles. The Morgan fingerprint density at radius 2 is 1.18 bits per heavy atom. The van der Waals surface area contributed by atoms with Crippen molar-refractivity contribution in [2.75, 3.05) is 36.8 Å². The maximum absolute atomic E-state index is 14.5. The van der Waals surface area contributed by atoms with E-state index in [1.54, 1.807) is 23.4 Å². The predicted molar refractivity (Wildman–Crippen MR) is 253 cm³/mol. The highest BCUT2D eigenvalue weighted by atomic mass is 35.5. The summed E-state index contributed by atoms with van der Waals surface area (Å²) in [7, 11) is 0. The first kappa shape index (κ1) is 47.6. The van der Waals surface area contributed by atoms with Crippen LogP contribution in [0.25, 0.3) is 0 Å². The van der Waals surface area contributed by atoms with E-state index in [9.17, 15) is 18.8 Å². The third kappa shape index (κ3) is 10.6. The van der Waals surface area contributed by atoms with Gasteiger partial charge in [-0.15, -0.1) is 10.2 Å². The fraction of sp³-hybridized carbons (Fsp3) is 0.426. The van der Waals surface area contributed by atoms with Gasteiger partial charge in [0.2, 0.25) is 11.8 Å². The molecule has 8 heterocycles. The molecule has 0 spiro atoms. The molecular weight excluding hydrogens is 895 g/mol. The molecule has 1 amide bonds. The van der Waals surface area contributed by atoms with Crippen molar-refractivity contribution in [3.8, 4) is 0 Å². The van der Waals surface area contributed by atoms with Crippen LogP contribution in [0, 0.1) is 5.82 Å². The summed E-state index contributed by atoms with van der Waals surface area (Å²) in [5.41, 5.74) is 0.212. The van der Waals surface area contributed by atoms with Gasteiger partial charge in [-0.3, -0.25) is 4.79 Å². The van der Waals surface area contributed by atoms with E-state index in [1.165, 1.54) is 12.1 Å². The van der Waals surface area contributed by atoms with E-state index < -0.39 is 28.7 Å². The summed E-state index contributed by atoms with van der Waals surface area (Å²) in [6.45, 7) is 14.8. The minimum Gasteiger partial charge on any atom is -0.392 e. The van der Waals surface area contributed by atoms with Crippen LogP contribution in [-0.2, 0) is 34.7 Å². The quantitative estimate of drug-likeness (QED) is 0.0880. The summed E-state index contributed by atoms with van der Waals surface area (Å²) >= 11 is 5.89.